The summed E-state index contributed by atoms with van der Waals surface area (Å²) in [5, 5.41) is 2.79. The number of halogens is 1. The van der Waals surface area contributed by atoms with Crippen molar-refractivity contribution in [2.24, 2.45) is 0 Å². The first-order valence-electron chi connectivity index (χ1n) is 10.3. The first-order chi connectivity index (χ1) is 15.9. The first kappa shape index (κ1) is 23.1. The molecule has 4 rings (SSSR count). The lowest BCUT2D eigenvalue weighted by Crippen LogP contribution is -2.50. The van der Waals surface area contributed by atoms with Crippen molar-refractivity contribution in [2.45, 2.75) is 10.8 Å². The molecule has 2 heterocycles. The highest BCUT2D eigenvalue weighted by Crippen LogP contribution is 2.26. The van der Waals surface area contributed by atoms with Gasteiger partial charge in [-0.3, -0.25) is 9.59 Å². The van der Waals surface area contributed by atoms with Crippen LogP contribution in [0.3, 0.4) is 0 Å². The number of rotatable bonds is 6. The number of thiophene rings is 1. The van der Waals surface area contributed by atoms with Crippen molar-refractivity contribution in [3.8, 4) is 0 Å². The van der Waals surface area contributed by atoms with E-state index in [4.69, 9.17) is 0 Å². The number of carbonyl (C=O) groups excluding carboxylic acids is 2. The lowest BCUT2D eigenvalue weighted by Gasteiger charge is -2.33. The molecule has 0 spiro atoms. The van der Waals surface area contributed by atoms with E-state index in [1.165, 1.54) is 33.5 Å². The van der Waals surface area contributed by atoms with Crippen molar-refractivity contribution in [1.82, 2.24) is 14.5 Å². The molecule has 3 aromatic rings. The normalized spacial score (nSPS) is 14.8. The third-order valence-corrected chi connectivity index (χ3v) is 8.77. The number of amides is 2. The van der Waals surface area contributed by atoms with Gasteiger partial charge in [0.25, 0.3) is 21.8 Å². The maximum atomic E-state index is 13.9. The molecular weight excluding hydrogens is 465 g/mol. The zero-order chi connectivity index (χ0) is 23.4. The van der Waals surface area contributed by atoms with Gasteiger partial charge in [0.05, 0.1) is 12.1 Å². The number of carbonyl (C=O) groups is 2. The first-order valence-corrected chi connectivity index (χ1v) is 12.6. The van der Waals surface area contributed by atoms with Gasteiger partial charge in [-0.25, -0.2) is 12.8 Å². The molecule has 172 valence electrons. The fraction of sp³-hybridized carbons (Fsp3) is 0.217. The molecule has 1 aliphatic heterocycles. The monoisotopic (exact) mass is 487 g/mol. The second kappa shape index (κ2) is 9.82. The summed E-state index contributed by atoms with van der Waals surface area (Å²) in [4.78, 5) is 26.9. The van der Waals surface area contributed by atoms with Crippen LogP contribution >= 0.6 is 11.3 Å². The van der Waals surface area contributed by atoms with Gasteiger partial charge >= 0.3 is 0 Å². The summed E-state index contributed by atoms with van der Waals surface area (Å²) in [6.07, 6.45) is 0. The minimum atomic E-state index is -3.73. The highest BCUT2D eigenvalue weighted by atomic mass is 32.2. The van der Waals surface area contributed by atoms with Gasteiger partial charge in [-0.2, -0.15) is 4.31 Å². The molecule has 0 unspecified atom stereocenters. The molecule has 1 saturated heterocycles. The predicted octanol–water partition coefficient (Wildman–Crippen LogP) is 2.96. The summed E-state index contributed by atoms with van der Waals surface area (Å²) in [5.74, 6) is -1.27. The van der Waals surface area contributed by atoms with Gasteiger partial charge < -0.3 is 10.2 Å². The van der Waals surface area contributed by atoms with Gasteiger partial charge in [-0.05, 0) is 36.4 Å². The van der Waals surface area contributed by atoms with Crippen molar-refractivity contribution in [3.05, 3.63) is 88.6 Å². The Morgan fingerprint density at radius 1 is 0.909 bits per heavy atom. The second-order valence-electron chi connectivity index (χ2n) is 7.45. The van der Waals surface area contributed by atoms with Gasteiger partial charge in [0.15, 0.2) is 0 Å². The molecular formula is C23H22FN3O4S2. The third kappa shape index (κ3) is 5.13. The highest BCUT2D eigenvalue weighted by Gasteiger charge is 2.32. The lowest BCUT2D eigenvalue weighted by molar-refractivity contribution is 0.0693. The summed E-state index contributed by atoms with van der Waals surface area (Å²) in [7, 11) is -3.73. The molecule has 0 radical (unpaired) electrons. The summed E-state index contributed by atoms with van der Waals surface area (Å²) < 4.78 is 41.5. The zero-order valence-corrected chi connectivity index (χ0v) is 19.2. The Hall–Kier alpha value is -3.08. The van der Waals surface area contributed by atoms with Crippen LogP contribution in [-0.4, -0.2) is 55.6 Å². The molecule has 2 amide bonds. The predicted molar refractivity (Wildman–Crippen MR) is 123 cm³/mol. The van der Waals surface area contributed by atoms with Crippen LogP contribution in [0.4, 0.5) is 4.39 Å². The van der Waals surface area contributed by atoms with Crippen LogP contribution in [0.5, 0.6) is 0 Å². The molecule has 0 atom stereocenters. The number of sulfonamides is 1. The molecule has 0 aliphatic carbocycles. The van der Waals surface area contributed by atoms with E-state index < -0.39 is 21.7 Å². The van der Waals surface area contributed by atoms with Gasteiger partial charge in [-0.1, -0.05) is 30.3 Å². The SMILES string of the molecule is O=C(NCc1ccc(S(=O)(=O)N2CCN(C(=O)c3ccccc3F)CC2)s1)c1ccccc1. The van der Waals surface area contributed by atoms with Crippen LogP contribution in [0.1, 0.15) is 25.6 Å². The summed E-state index contributed by atoms with van der Waals surface area (Å²) in [6.45, 7) is 0.829. The lowest BCUT2D eigenvalue weighted by atomic mass is 10.1. The zero-order valence-electron chi connectivity index (χ0n) is 17.6. The Morgan fingerprint density at radius 3 is 2.27 bits per heavy atom. The molecule has 1 N–H and O–H groups in total. The largest absolute Gasteiger partial charge is 0.347 e. The number of nitrogens with one attached hydrogen (secondary N) is 1. The van der Waals surface area contributed by atoms with Crippen molar-refractivity contribution in [2.75, 3.05) is 26.2 Å². The summed E-state index contributed by atoms with van der Waals surface area (Å²) in [6, 6.07) is 17.7. The molecule has 7 nitrogen and oxygen atoms in total. The van der Waals surface area contributed by atoms with E-state index in [1.807, 2.05) is 6.07 Å². The van der Waals surface area contributed by atoms with Crippen molar-refractivity contribution in [1.29, 1.82) is 0 Å². The number of hydrogen-bond acceptors (Lipinski definition) is 5. The Kier molecular flexibility index (Phi) is 6.87. The van der Waals surface area contributed by atoms with E-state index in [1.54, 1.807) is 36.4 Å². The fourth-order valence-electron chi connectivity index (χ4n) is 3.51. The van der Waals surface area contributed by atoms with Crippen LogP contribution in [0.25, 0.3) is 0 Å². The van der Waals surface area contributed by atoms with Gasteiger partial charge in [0, 0.05) is 36.6 Å². The molecule has 0 bridgehead atoms. The van der Waals surface area contributed by atoms with Crippen LogP contribution in [0.2, 0.25) is 0 Å². The second-order valence-corrected chi connectivity index (χ2v) is 10.8. The molecule has 1 fully saturated rings. The standard InChI is InChI=1S/C23H22FN3O4S2/c24-20-9-5-4-8-19(20)23(29)26-12-14-27(15-13-26)33(30,31)21-11-10-18(32-21)16-25-22(28)17-6-2-1-3-7-17/h1-11H,12-16H2,(H,25,28). The van der Waals surface area contributed by atoms with Crippen molar-refractivity contribution in [3.63, 3.8) is 0 Å². The van der Waals surface area contributed by atoms with Crippen LogP contribution < -0.4 is 5.32 Å². The summed E-state index contributed by atoms with van der Waals surface area (Å²) >= 11 is 1.10. The topological polar surface area (TPSA) is 86.8 Å². The molecule has 2 aromatic carbocycles. The Labute approximate surface area is 195 Å². The maximum absolute atomic E-state index is 13.9. The van der Waals surface area contributed by atoms with Crippen molar-refractivity contribution < 1.29 is 22.4 Å². The Bertz CT molecular complexity index is 1250. The number of nitrogens with zero attached hydrogens (tertiary/aromatic N) is 2. The minimum Gasteiger partial charge on any atom is -0.347 e. The van der Waals surface area contributed by atoms with Crippen LogP contribution in [-0.2, 0) is 16.6 Å². The van der Waals surface area contributed by atoms with E-state index in [9.17, 15) is 22.4 Å². The van der Waals surface area contributed by atoms with E-state index in [0.29, 0.717) is 10.4 Å². The van der Waals surface area contributed by atoms with Gasteiger partial charge in [0.2, 0.25) is 0 Å². The quantitative estimate of drug-likeness (QED) is 0.579. The van der Waals surface area contributed by atoms with Gasteiger partial charge in [-0.15, -0.1) is 11.3 Å². The molecule has 1 aromatic heterocycles. The average molecular weight is 488 g/mol. The van der Waals surface area contributed by atoms with Crippen LogP contribution in [0.15, 0.2) is 70.9 Å². The third-order valence-electron chi connectivity index (χ3n) is 5.32. The molecule has 33 heavy (non-hydrogen) atoms. The Morgan fingerprint density at radius 2 is 1.58 bits per heavy atom. The van der Waals surface area contributed by atoms with E-state index in [-0.39, 0.29) is 48.4 Å². The smallest absolute Gasteiger partial charge is 0.256 e. The minimum absolute atomic E-state index is 0.0192. The van der Waals surface area contributed by atoms with Crippen LogP contribution in [0, 0.1) is 5.82 Å². The molecule has 1 aliphatic rings. The van der Waals surface area contributed by atoms with E-state index in [2.05, 4.69) is 5.32 Å². The maximum Gasteiger partial charge on any atom is 0.256 e. The Balaban J connectivity index is 1.36. The molecule has 10 heteroatoms. The fourth-order valence-corrected chi connectivity index (χ4v) is 6.39. The van der Waals surface area contributed by atoms with E-state index in [0.717, 1.165) is 11.3 Å². The van der Waals surface area contributed by atoms with E-state index >= 15 is 0 Å². The van der Waals surface area contributed by atoms with Gasteiger partial charge in [0.1, 0.15) is 10.0 Å². The summed E-state index contributed by atoms with van der Waals surface area (Å²) in [5.41, 5.74) is 0.513. The highest BCUT2D eigenvalue weighted by molar-refractivity contribution is 7.91. The average Bonchev–Trinajstić information content (AvgIpc) is 3.33. The molecule has 0 saturated carbocycles. The number of hydrogen-bond donors (Lipinski definition) is 1. The van der Waals surface area contributed by atoms with Crippen molar-refractivity contribution >= 4 is 33.2 Å². The number of benzene rings is 2. The number of piperazine rings is 1.